The Hall–Kier alpha value is -2.34. The van der Waals surface area contributed by atoms with E-state index in [1.807, 2.05) is 0 Å². The number of likely N-dealkylation sites (N-methyl/N-ethyl adjacent to an activating group) is 1. The number of hydrogen-bond donors (Lipinski definition) is 3. The summed E-state index contributed by atoms with van der Waals surface area (Å²) in [6, 6.07) is 6.90. The van der Waals surface area contributed by atoms with Gasteiger partial charge in [0.05, 0.1) is 11.3 Å². The molecule has 0 fully saturated rings. The third kappa shape index (κ3) is 1.29. The first-order chi connectivity index (χ1) is 8.98. The van der Waals surface area contributed by atoms with E-state index in [1.54, 1.807) is 38.2 Å². The van der Waals surface area contributed by atoms with Crippen molar-refractivity contribution in [3.8, 4) is 0 Å². The van der Waals surface area contributed by atoms with Crippen LogP contribution in [0.5, 0.6) is 0 Å². The highest BCUT2D eigenvalue weighted by Crippen LogP contribution is 2.42. The van der Waals surface area contributed by atoms with Gasteiger partial charge in [-0.25, -0.2) is 0 Å². The molecule has 1 amide bonds. The van der Waals surface area contributed by atoms with Gasteiger partial charge < -0.3 is 15.1 Å². The summed E-state index contributed by atoms with van der Waals surface area (Å²) >= 11 is 0. The first-order valence-electron chi connectivity index (χ1n) is 5.85. The highest BCUT2D eigenvalue weighted by Gasteiger charge is 2.52. The molecular weight excluding hydrogens is 246 g/mol. The third-order valence-electron chi connectivity index (χ3n) is 3.60. The zero-order valence-corrected chi connectivity index (χ0v) is 10.5. The van der Waals surface area contributed by atoms with Crippen LogP contribution >= 0.6 is 0 Å². The number of aryl methyl sites for hydroxylation is 1. The normalized spacial score (nSPS) is 21.8. The Morgan fingerprint density at radius 3 is 2.53 bits per heavy atom. The van der Waals surface area contributed by atoms with Crippen LogP contribution in [-0.4, -0.2) is 28.3 Å². The predicted molar refractivity (Wildman–Crippen MR) is 69.0 cm³/mol. The quantitative estimate of drug-likeness (QED) is 0.684. The lowest BCUT2D eigenvalue weighted by Crippen LogP contribution is -2.42. The van der Waals surface area contributed by atoms with Gasteiger partial charge in [0.1, 0.15) is 0 Å². The Kier molecular flexibility index (Phi) is 2.21. The van der Waals surface area contributed by atoms with Crippen molar-refractivity contribution in [2.45, 2.75) is 12.5 Å². The number of benzene rings is 1. The van der Waals surface area contributed by atoms with Gasteiger partial charge in [0.2, 0.25) is 5.60 Å². The first kappa shape index (κ1) is 11.7. The number of carbonyl (C=O) groups excluding carboxylic acids is 1. The van der Waals surface area contributed by atoms with Crippen molar-refractivity contribution in [1.82, 2.24) is 10.2 Å². The Labute approximate surface area is 108 Å². The molecule has 98 valence electrons. The van der Waals surface area contributed by atoms with E-state index in [-0.39, 0.29) is 5.56 Å². The van der Waals surface area contributed by atoms with Crippen LogP contribution < -0.4 is 10.5 Å². The average Bonchev–Trinajstić information content (AvgIpc) is 2.83. The molecule has 19 heavy (non-hydrogen) atoms. The summed E-state index contributed by atoms with van der Waals surface area (Å²) in [5.41, 5.74) is -0.882. The first-order valence-corrected chi connectivity index (χ1v) is 5.85. The van der Waals surface area contributed by atoms with Crippen molar-refractivity contribution in [3.05, 3.63) is 51.4 Å². The lowest BCUT2D eigenvalue weighted by Gasteiger charge is -2.20. The minimum absolute atomic E-state index is 0.0503. The van der Waals surface area contributed by atoms with Crippen LogP contribution in [0, 0.1) is 6.92 Å². The van der Waals surface area contributed by atoms with Crippen LogP contribution in [0.3, 0.4) is 0 Å². The van der Waals surface area contributed by atoms with Crippen LogP contribution in [0.2, 0.25) is 0 Å². The van der Waals surface area contributed by atoms with Crippen molar-refractivity contribution in [1.29, 1.82) is 0 Å². The van der Waals surface area contributed by atoms with E-state index in [0.717, 1.165) is 0 Å². The molecule has 0 radical (unpaired) electrons. The molecule has 3 N–H and O–H groups in total. The zero-order chi connectivity index (χ0) is 13.8. The number of amides is 1. The van der Waals surface area contributed by atoms with Crippen molar-refractivity contribution >= 4 is 11.6 Å². The summed E-state index contributed by atoms with van der Waals surface area (Å²) in [6.45, 7) is 1.64. The number of aliphatic hydroxyl groups is 1. The molecular formula is C13H13N3O3. The van der Waals surface area contributed by atoms with Crippen molar-refractivity contribution in [2.75, 3.05) is 11.9 Å². The fraction of sp³-hybridized carbons (Fsp3) is 0.231. The van der Waals surface area contributed by atoms with Crippen LogP contribution in [0.1, 0.15) is 16.8 Å². The second-order valence-corrected chi connectivity index (χ2v) is 4.67. The molecule has 3 rings (SSSR count). The van der Waals surface area contributed by atoms with Crippen LogP contribution in [0.25, 0.3) is 0 Å². The van der Waals surface area contributed by atoms with Gasteiger partial charge in [0.25, 0.3) is 11.5 Å². The molecule has 1 aliphatic heterocycles. The van der Waals surface area contributed by atoms with E-state index in [1.165, 1.54) is 4.90 Å². The van der Waals surface area contributed by atoms with Crippen LogP contribution in [-0.2, 0) is 10.4 Å². The highest BCUT2D eigenvalue weighted by molar-refractivity contribution is 6.08. The molecule has 2 heterocycles. The molecule has 1 aromatic heterocycles. The Morgan fingerprint density at radius 2 is 1.89 bits per heavy atom. The van der Waals surface area contributed by atoms with E-state index in [4.69, 9.17) is 0 Å². The minimum atomic E-state index is -1.93. The van der Waals surface area contributed by atoms with E-state index < -0.39 is 17.1 Å². The van der Waals surface area contributed by atoms with Gasteiger partial charge in [-0.05, 0) is 13.0 Å². The van der Waals surface area contributed by atoms with Crippen LogP contribution in [0.4, 0.5) is 5.69 Å². The molecule has 0 bridgehead atoms. The minimum Gasteiger partial charge on any atom is -0.371 e. The van der Waals surface area contributed by atoms with Gasteiger partial charge in [0, 0.05) is 18.3 Å². The second kappa shape index (κ2) is 3.58. The summed E-state index contributed by atoms with van der Waals surface area (Å²) in [5.74, 6) is -0.526. The molecule has 1 aliphatic rings. The van der Waals surface area contributed by atoms with Gasteiger partial charge in [-0.3, -0.25) is 14.7 Å². The van der Waals surface area contributed by atoms with Gasteiger partial charge in [-0.2, -0.15) is 0 Å². The zero-order valence-electron chi connectivity index (χ0n) is 10.5. The smallest absolute Gasteiger partial charge is 0.271 e. The number of carbonyl (C=O) groups is 1. The van der Waals surface area contributed by atoms with E-state index in [9.17, 15) is 14.7 Å². The molecule has 0 spiro atoms. The number of H-pyrrole nitrogens is 2. The number of rotatable bonds is 1. The molecule has 1 aromatic carbocycles. The third-order valence-corrected chi connectivity index (χ3v) is 3.60. The van der Waals surface area contributed by atoms with Gasteiger partial charge in [-0.1, -0.05) is 18.2 Å². The number of nitrogens with one attached hydrogen (secondary N) is 2. The molecule has 2 aromatic rings. The van der Waals surface area contributed by atoms with E-state index >= 15 is 0 Å². The highest BCUT2D eigenvalue weighted by atomic mass is 16.3. The number of nitrogens with zero attached hydrogens (tertiary/aromatic N) is 1. The molecule has 0 saturated carbocycles. The molecule has 6 nitrogen and oxygen atoms in total. The van der Waals surface area contributed by atoms with Crippen molar-refractivity contribution < 1.29 is 9.90 Å². The summed E-state index contributed by atoms with van der Waals surface area (Å²) in [6.07, 6.45) is 0. The summed E-state index contributed by atoms with van der Waals surface area (Å²) in [4.78, 5) is 25.6. The molecule has 0 aliphatic carbocycles. The van der Waals surface area contributed by atoms with E-state index in [2.05, 4.69) is 10.2 Å². The maximum absolute atomic E-state index is 12.4. The van der Waals surface area contributed by atoms with Crippen LogP contribution in [0.15, 0.2) is 29.1 Å². The fourth-order valence-electron chi connectivity index (χ4n) is 2.66. The molecule has 0 saturated heterocycles. The lowest BCUT2D eigenvalue weighted by molar-refractivity contribution is -0.132. The second-order valence-electron chi connectivity index (χ2n) is 4.67. The van der Waals surface area contributed by atoms with Crippen molar-refractivity contribution in [2.24, 2.45) is 0 Å². The van der Waals surface area contributed by atoms with Gasteiger partial charge in [0.15, 0.2) is 0 Å². The van der Waals surface area contributed by atoms with Crippen molar-refractivity contribution in [3.63, 3.8) is 0 Å². The summed E-state index contributed by atoms with van der Waals surface area (Å²) < 4.78 is 0. The van der Waals surface area contributed by atoms with Gasteiger partial charge >= 0.3 is 0 Å². The number of anilines is 1. The SMILES string of the molecule is Cc1[nH][nH]c(=O)c1C1(O)C(=O)N(C)c2ccccc21. The molecule has 1 unspecified atom stereocenters. The monoisotopic (exact) mass is 259 g/mol. The summed E-state index contributed by atoms with van der Waals surface area (Å²) in [5, 5.41) is 15.9. The van der Waals surface area contributed by atoms with E-state index in [0.29, 0.717) is 16.9 Å². The number of aromatic nitrogens is 2. The topological polar surface area (TPSA) is 89.2 Å². The fourth-order valence-corrected chi connectivity index (χ4v) is 2.66. The Bertz CT molecular complexity index is 731. The standard InChI is InChI=1S/C13H13N3O3/c1-7-10(11(17)15-14-7)13(19)8-5-3-4-6-9(8)16(2)12(13)18/h3-6,19H,1-2H3,(H2,14,15,17). The maximum atomic E-state index is 12.4. The lowest BCUT2D eigenvalue weighted by atomic mass is 9.88. The molecule has 1 atom stereocenters. The molecule has 6 heteroatoms. The number of aromatic amines is 2. The Balaban J connectivity index is 2.37. The largest absolute Gasteiger partial charge is 0.371 e. The Morgan fingerprint density at radius 1 is 1.21 bits per heavy atom. The average molecular weight is 259 g/mol. The number of hydrogen-bond acceptors (Lipinski definition) is 3. The maximum Gasteiger partial charge on any atom is 0.271 e. The predicted octanol–water partition coefficient (Wildman–Crippen LogP) is 0.224. The number of para-hydroxylation sites is 1. The summed E-state index contributed by atoms with van der Waals surface area (Å²) in [7, 11) is 1.58. The number of fused-ring (bicyclic) bond motifs is 1. The van der Waals surface area contributed by atoms with Gasteiger partial charge in [-0.15, -0.1) is 0 Å².